The van der Waals surface area contributed by atoms with Gasteiger partial charge >= 0.3 is 17.8 Å². The molecule has 1 heterocycles. The molecule has 0 unspecified atom stereocenters. The van der Waals surface area contributed by atoms with Crippen molar-refractivity contribution in [1.29, 1.82) is 0 Å². The number of imide groups is 2. The molecule has 2 rings (SSSR count). The maximum Gasteiger partial charge on any atom is 0.334 e. The number of nitrogens with zero attached hydrogens (tertiary/aromatic N) is 2. The van der Waals surface area contributed by atoms with Gasteiger partial charge in [-0.1, -0.05) is 0 Å². The minimum atomic E-state index is -1.14. The molecule has 1 saturated heterocycles. The number of carbonyl (C=O) groups excluding carboxylic acids is 5. The molecule has 0 saturated carbocycles. The van der Waals surface area contributed by atoms with E-state index in [9.17, 15) is 28.4 Å². The molecule has 1 aromatic rings. The molecule has 120 valence electrons. The van der Waals surface area contributed by atoms with E-state index in [1.54, 1.807) is 0 Å². The smallest absolute Gasteiger partial charge is 0.326 e. The minimum Gasteiger partial charge on any atom is -0.326 e. The summed E-state index contributed by atoms with van der Waals surface area (Å²) >= 11 is 0. The number of amides is 5. The van der Waals surface area contributed by atoms with Gasteiger partial charge in [-0.15, -0.1) is 0 Å². The van der Waals surface area contributed by atoms with Crippen molar-refractivity contribution in [3.63, 3.8) is 0 Å². The molecule has 0 atom stereocenters. The van der Waals surface area contributed by atoms with E-state index in [0.717, 1.165) is 19.2 Å². The van der Waals surface area contributed by atoms with Crippen LogP contribution in [0.3, 0.4) is 0 Å². The summed E-state index contributed by atoms with van der Waals surface area (Å²) in [6.45, 7) is 0.499. The Morgan fingerprint density at radius 1 is 1.17 bits per heavy atom. The largest absolute Gasteiger partial charge is 0.334 e. The van der Waals surface area contributed by atoms with Gasteiger partial charge in [-0.25, -0.2) is 14.1 Å². The van der Waals surface area contributed by atoms with Crippen molar-refractivity contribution < 1.29 is 28.4 Å². The summed E-state index contributed by atoms with van der Waals surface area (Å²) in [6.07, 6.45) is 0. The summed E-state index contributed by atoms with van der Waals surface area (Å²) < 4.78 is 13.9. The highest BCUT2D eigenvalue weighted by molar-refractivity contribution is 6.45. The number of ketones is 1. The van der Waals surface area contributed by atoms with Gasteiger partial charge in [-0.05, 0) is 18.2 Å². The Morgan fingerprint density at radius 2 is 1.83 bits per heavy atom. The number of anilines is 1. The van der Waals surface area contributed by atoms with E-state index in [1.807, 2.05) is 0 Å². The Labute approximate surface area is 129 Å². The molecule has 1 fully saturated rings. The predicted octanol–water partition coefficient (Wildman–Crippen LogP) is 0.387. The molecule has 5 amide bonds. The van der Waals surface area contributed by atoms with Gasteiger partial charge in [0, 0.05) is 19.7 Å². The van der Waals surface area contributed by atoms with E-state index < -0.39 is 41.9 Å². The summed E-state index contributed by atoms with van der Waals surface area (Å²) in [7, 11) is 1.11. The van der Waals surface area contributed by atoms with Gasteiger partial charge in [-0.3, -0.25) is 24.1 Å². The normalized spacial score (nSPS) is 14.5. The highest BCUT2D eigenvalue weighted by Gasteiger charge is 2.43. The van der Waals surface area contributed by atoms with Crippen molar-refractivity contribution in [3.05, 3.63) is 29.6 Å². The lowest BCUT2D eigenvalue weighted by atomic mass is 10.1. The van der Waals surface area contributed by atoms with Crippen LogP contribution in [0.15, 0.2) is 18.2 Å². The molecule has 0 bridgehead atoms. The van der Waals surface area contributed by atoms with E-state index in [0.29, 0.717) is 9.80 Å². The first-order chi connectivity index (χ1) is 10.7. The lowest BCUT2D eigenvalue weighted by Gasteiger charge is -2.12. The van der Waals surface area contributed by atoms with Crippen LogP contribution in [-0.4, -0.2) is 52.9 Å². The summed E-state index contributed by atoms with van der Waals surface area (Å²) in [4.78, 5) is 58.6. The summed E-state index contributed by atoms with van der Waals surface area (Å²) in [5.74, 6) is -4.36. The van der Waals surface area contributed by atoms with E-state index in [2.05, 4.69) is 5.32 Å². The third kappa shape index (κ3) is 3.07. The van der Waals surface area contributed by atoms with E-state index >= 15 is 0 Å². The zero-order valence-electron chi connectivity index (χ0n) is 12.3. The average molecular weight is 321 g/mol. The molecule has 0 radical (unpaired) electrons. The molecule has 8 nitrogen and oxygen atoms in total. The van der Waals surface area contributed by atoms with Crippen molar-refractivity contribution in [3.8, 4) is 0 Å². The lowest BCUT2D eigenvalue weighted by Crippen LogP contribution is -2.36. The standard InChI is InChI=1S/C14H12FN3O5/c1-7(19)16-8-3-4-9(10(15)5-8)11(20)6-18-13(22)12(21)17(2)14(18)23/h3-5H,6H2,1-2H3,(H,16,19). The zero-order valence-corrected chi connectivity index (χ0v) is 12.3. The topological polar surface area (TPSA) is 104 Å². The van der Waals surface area contributed by atoms with Crippen LogP contribution in [0, 0.1) is 5.82 Å². The number of halogens is 1. The molecule has 1 aromatic carbocycles. The first kappa shape index (κ1) is 16.3. The van der Waals surface area contributed by atoms with Gasteiger partial charge in [0.05, 0.1) is 12.1 Å². The number of urea groups is 1. The Kier molecular flexibility index (Phi) is 4.21. The maximum absolute atomic E-state index is 13.9. The summed E-state index contributed by atoms with van der Waals surface area (Å²) in [5.41, 5.74) is -0.198. The average Bonchev–Trinajstić information content (AvgIpc) is 2.64. The highest BCUT2D eigenvalue weighted by atomic mass is 19.1. The van der Waals surface area contributed by atoms with Crippen LogP contribution in [-0.2, 0) is 14.4 Å². The fourth-order valence-electron chi connectivity index (χ4n) is 2.00. The molecule has 9 heteroatoms. The summed E-state index contributed by atoms with van der Waals surface area (Å²) in [6, 6.07) is 2.44. The van der Waals surface area contributed by atoms with E-state index in [4.69, 9.17) is 0 Å². The summed E-state index contributed by atoms with van der Waals surface area (Å²) in [5, 5.41) is 2.35. The highest BCUT2D eigenvalue weighted by Crippen LogP contribution is 2.17. The van der Waals surface area contributed by atoms with Crippen LogP contribution in [0.5, 0.6) is 0 Å². The lowest BCUT2D eigenvalue weighted by molar-refractivity contribution is -0.142. The van der Waals surface area contributed by atoms with Crippen LogP contribution in [0.1, 0.15) is 17.3 Å². The number of rotatable bonds is 4. The van der Waals surface area contributed by atoms with Crippen LogP contribution in [0.25, 0.3) is 0 Å². The van der Waals surface area contributed by atoms with Crippen molar-refractivity contribution in [2.45, 2.75) is 6.92 Å². The Balaban J connectivity index is 2.18. The number of likely N-dealkylation sites (N-methyl/N-ethyl adjacent to an activating group) is 1. The minimum absolute atomic E-state index is 0.162. The SMILES string of the molecule is CC(=O)Nc1ccc(C(=O)CN2C(=O)C(=O)N(C)C2=O)c(F)c1. The van der Waals surface area contributed by atoms with Crippen molar-refractivity contribution in [2.24, 2.45) is 0 Å². The second-order valence-corrected chi connectivity index (χ2v) is 4.84. The van der Waals surface area contributed by atoms with Crippen LogP contribution < -0.4 is 5.32 Å². The van der Waals surface area contributed by atoms with Crippen molar-refractivity contribution in [2.75, 3.05) is 18.9 Å². The van der Waals surface area contributed by atoms with Crippen molar-refractivity contribution >= 4 is 35.2 Å². The van der Waals surface area contributed by atoms with Gasteiger partial charge in [0.25, 0.3) is 0 Å². The monoisotopic (exact) mass is 321 g/mol. The number of Topliss-reactive ketones (excluding diaryl/α,β-unsaturated/α-hetero) is 1. The first-order valence-corrected chi connectivity index (χ1v) is 6.46. The fourth-order valence-corrected chi connectivity index (χ4v) is 2.00. The zero-order chi connectivity index (χ0) is 17.3. The molecule has 1 N–H and O–H groups in total. The van der Waals surface area contributed by atoms with Crippen molar-refractivity contribution in [1.82, 2.24) is 9.80 Å². The second kappa shape index (κ2) is 5.95. The van der Waals surface area contributed by atoms with Crippen LogP contribution >= 0.6 is 0 Å². The Hall–Kier alpha value is -3.10. The molecule has 0 aliphatic carbocycles. The molecule has 23 heavy (non-hydrogen) atoms. The van der Waals surface area contributed by atoms with E-state index in [1.165, 1.54) is 13.0 Å². The molecular formula is C14H12FN3O5. The van der Waals surface area contributed by atoms with Gasteiger partial charge in [-0.2, -0.15) is 0 Å². The molecular weight excluding hydrogens is 309 g/mol. The van der Waals surface area contributed by atoms with Crippen LogP contribution in [0.2, 0.25) is 0 Å². The number of benzene rings is 1. The second-order valence-electron chi connectivity index (χ2n) is 4.84. The van der Waals surface area contributed by atoms with Crippen LogP contribution in [0.4, 0.5) is 14.9 Å². The Morgan fingerprint density at radius 3 is 2.30 bits per heavy atom. The van der Waals surface area contributed by atoms with E-state index in [-0.39, 0.29) is 11.3 Å². The Bertz CT molecular complexity index is 746. The quantitative estimate of drug-likeness (QED) is 0.491. The number of carbonyl (C=O) groups is 5. The number of hydrogen-bond acceptors (Lipinski definition) is 5. The third-order valence-corrected chi connectivity index (χ3v) is 3.14. The first-order valence-electron chi connectivity index (χ1n) is 6.46. The third-order valence-electron chi connectivity index (χ3n) is 3.14. The molecule has 1 aliphatic heterocycles. The maximum atomic E-state index is 13.9. The molecule has 0 spiro atoms. The molecule has 1 aliphatic rings. The van der Waals surface area contributed by atoms with Gasteiger partial charge < -0.3 is 5.32 Å². The van der Waals surface area contributed by atoms with Gasteiger partial charge in [0.15, 0.2) is 5.78 Å². The van der Waals surface area contributed by atoms with Gasteiger partial charge in [0.2, 0.25) is 5.91 Å². The van der Waals surface area contributed by atoms with Gasteiger partial charge in [0.1, 0.15) is 5.82 Å². The number of hydrogen-bond donors (Lipinski definition) is 1. The fraction of sp³-hybridized carbons (Fsp3) is 0.214. The predicted molar refractivity (Wildman–Crippen MR) is 74.9 cm³/mol. The molecule has 0 aromatic heterocycles. The number of nitrogens with one attached hydrogen (secondary N) is 1.